The standard InChI is InChI=1S/C21H18N2O6S2/c24-21-14-15-30(25,26)23(21)16-10-12-18(13-11-16)31(27,28)22-19-8-4-5-9-20(19)29-17-6-2-1-3-7-17/h1-13,22H,14-15H2. The number of hydrogen-bond acceptors (Lipinski definition) is 6. The average Bonchev–Trinajstić information content (AvgIpc) is 3.02. The Morgan fingerprint density at radius 2 is 1.52 bits per heavy atom. The lowest BCUT2D eigenvalue weighted by molar-refractivity contribution is -0.116. The van der Waals surface area contributed by atoms with Crippen molar-refractivity contribution in [1.82, 2.24) is 0 Å². The molecule has 1 fully saturated rings. The molecule has 3 aromatic rings. The molecule has 10 heteroatoms. The molecule has 4 rings (SSSR count). The lowest BCUT2D eigenvalue weighted by Crippen LogP contribution is -2.29. The second-order valence-electron chi connectivity index (χ2n) is 6.73. The molecule has 1 aliphatic heterocycles. The van der Waals surface area contributed by atoms with Crippen LogP contribution in [-0.2, 0) is 24.8 Å². The van der Waals surface area contributed by atoms with Crippen molar-refractivity contribution in [1.29, 1.82) is 0 Å². The highest BCUT2D eigenvalue weighted by Gasteiger charge is 2.36. The van der Waals surface area contributed by atoms with Gasteiger partial charge in [-0.25, -0.2) is 21.1 Å². The summed E-state index contributed by atoms with van der Waals surface area (Å²) in [5, 5.41) is 0. The molecule has 160 valence electrons. The maximum Gasteiger partial charge on any atom is 0.262 e. The lowest BCUT2D eigenvalue weighted by atomic mass is 10.3. The van der Waals surface area contributed by atoms with Crippen LogP contribution in [-0.4, -0.2) is 28.5 Å². The van der Waals surface area contributed by atoms with Crippen molar-refractivity contribution in [2.24, 2.45) is 0 Å². The van der Waals surface area contributed by atoms with E-state index in [4.69, 9.17) is 4.74 Å². The van der Waals surface area contributed by atoms with Gasteiger partial charge in [0.15, 0.2) is 5.75 Å². The summed E-state index contributed by atoms with van der Waals surface area (Å²) >= 11 is 0. The Labute approximate surface area is 180 Å². The molecule has 0 saturated carbocycles. The largest absolute Gasteiger partial charge is 0.455 e. The predicted molar refractivity (Wildman–Crippen MR) is 116 cm³/mol. The van der Waals surface area contributed by atoms with Gasteiger partial charge in [-0.05, 0) is 48.5 Å². The van der Waals surface area contributed by atoms with Crippen molar-refractivity contribution in [3.63, 3.8) is 0 Å². The summed E-state index contributed by atoms with van der Waals surface area (Å²) in [6.45, 7) is 0. The van der Waals surface area contributed by atoms with Crippen LogP contribution >= 0.6 is 0 Å². The zero-order valence-corrected chi connectivity index (χ0v) is 17.8. The molecule has 0 unspecified atom stereocenters. The van der Waals surface area contributed by atoms with Crippen LogP contribution in [0.15, 0.2) is 83.8 Å². The van der Waals surface area contributed by atoms with Gasteiger partial charge >= 0.3 is 0 Å². The van der Waals surface area contributed by atoms with Gasteiger partial charge in [0.25, 0.3) is 10.0 Å². The first kappa shape index (κ1) is 20.9. The summed E-state index contributed by atoms with van der Waals surface area (Å²) in [6, 6.07) is 20.6. The van der Waals surface area contributed by atoms with Gasteiger partial charge in [-0.3, -0.25) is 9.52 Å². The Hall–Kier alpha value is -3.37. The Balaban J connectivity index is 1.58. The number of nitrogens with one attached hydrogen (secondary N) is 1. The van der Waals surface area contributed by atoms with Crippen LogP contribution in [0.2, 0.25) is 0 Å². The van der Waals surface area contributed by atoms with Crippen LogP contribution < -0.4 is 13.8 Å². The number of carbonyl (C=O) groups is 1. The van der Waals surface area contributed by atoms with E-state index in [1.54, 1.807) is 48.5 Å². The Morgan fingerprint density at radius 1 is 0.871 bits per heavy atom. The first-order valence-electron chi connectivity index (χ1n) is 9.27. The number of ether oxygens (including phenoxy) is 1. The zero-order chi connectivity index (χ0) is 22.1. The Bertz CT molecular complexity index is 1320. The van der Waals surface area contributed by atoms with E-state index >= 15 is 0 Å². The second kappa shape index (κ2) is 8.05. The van der Waals surface area contributed by atoms with Crippen molar-refractivity contribution >= 4 is 37.3 Å². The molecule has 1 amide bonds. The molecule has 1 aliphatic rings. The molecule has 0 bridgehead atoms. The highest BCUT2D eigenvalue weighted by molar-refractivity contribution is 7.94. The van der Waals surface area contributed by atoms with Crippen molar-refractivity contribution in [2.75, 3.05) is 14.8 Å². The van der Waals surface area contributed by atoms with E-state index in [1.165, 1.54) is 24.3 Å². The molecule has 0 radical (unpaired) electrons. The maximum atomic E-state index is 12.9. The summed E-state index contributed by atoms with van der Waals surface area (Å²) in [5.74, 6) is 0.0735. The fourth-order valence-corrected chi connectivity index (χ4v) is 5.62. The van der Waals surface area contributed by atoms with Gasteiger partial charge in [-0.2, -0.15) is 0 Å². The SMILES string of the molecule is O=C1CCS(=O)(=O)N1c1ccc(S(=O)(=O)Nc2ccccc2Oc2ccccc2)cc1. The van der Waals surface area contributed by atoms with Crippen molar-refractivity contribution in [3.8, 4) is 11.5 Å². The summed E-state index contributed by atoms with van der Waals surface area (Å²) in [7, 11) is -7.71. The van der Waals surface area contributed by atoms with Gasteiger partial charge < -0.3 is 4.74 Å². The van der Waals surface area contributed by atoms with Gasteiger partial charge in [0, 0.05) is 6.42 Å². The van der Waals surface area contributed by atoms with Crippen LogP contribution in [0.5, 0.6) is 11.5 Å². The first-order chi connectivity index (χ1) is 14.8. The number of para-hydroxylation sites is 3. The monoisotopic (exact) mass is 458 g/mol. The molecule has 0 atom stereocenters. The summed E-state index contributed by atoms with van der Waals surface area (Å²) in [6.07, 6.45) is -0.0951. The van der Waals surface area contributed by atoms with Crippen LogP contribution in [0.25, 0.3) is 0 Å². The second-order valence-corrected chi connectivity index (χ2v) is 10.4. The quantitative estimate of drug-likeness (QED) is 0.607. The molecule has 31 heavy (non-hydrogen) atoms. The number of carbonyl (C=O) groups excluding carboxylic acids is 1. The van der Waals surface area contributed by atoms with Gasteiger partial charge in [0.2, 0.25) is 15.9 Å². The third kappa shape index (κ3) is 4.39. The molecular weight excluding hydrogens is 440 g/mol. The minimum Gasteiger partial charge on any atom is -0.455 e. The molecule has 1 N–H and O–H groups in total. The summed E-state index contributed by atoms with van der Waals surface area (Å²) in [4.78, 5) is 11.8. The molecule has 8 nitrogen and oxygen atoms in total. The van der Waals surface area contributed by atoms with Gasteiger partial charge in [-0.1, -0.05) is 30.3 Å². The van der Waals surface area contributed by atoms with E-state index in [9.17, 15) is 21.6 Å². The Morgan fingerprint density at radius 3 is 2.16 bits per heavy atom. The van der Waals surface area contributed by atoms with E-state index in [0.29, 0.717) is 15.8 Å². The van der Waals surface area contributed by atoms with Gasteiger partial charge in [0.1, 0.15) is 5.75 Å². The fraction of sp³-hybridized carbons (Fsp3) is 0.0952. The van der Waals surface area contributed by atoms with E-state index in [2.05, 4.69) is 4.72 Å². The zero-order valence-electron chi connectivity index (χ0n) is 16.1. The van der Waals surface area contributed by atoms with Crippen LogP contribution in [0.4, 0.5) is 11.4 Å². The van der Waals surface area contributed by atoms with E-state index in [1.807, 2.05) is 6.07 Å². The molecule has 0 aromatic heterocycles. The number of rotatable bonds is 6. The number of sulfonamides is 2. The minimum absolute atomic E-state index is 0.0881. The number of amides is 1. The number of benzene rings is 3. The third-order valence-corrected chi connectivity index (χ3v) is 7.63. The fourth-order valence-electron chi connectivity index (χ4n) is 3.09. The summed E-state index contributed by atoms with van der Waals surface area (Å²) in [5.41, 5.74) is 0.349. The predicted octanol–water partition coefficient (Wildman–Crippen LogP) is 3.35. The lowest BCUT2D eigenvalue weighted by Gasteiger charge is -2.16. The minimum atomic E-state index is -3.99. The van der Waals surface area contributed by atoms with Crippen LogP contribution in [0, 0.1) is 0 Å². The average molecular weight is 459 g/mol. The number of hydrogen-bond donors (Lipinski definition) is 1. The number of nitrogens with zero attached hydrogens (tertiary/aromatic N) is 1. The van der Waals surface area contributed by atoms with Crippen molar-refractivity contribution in [3.05, 3.63) is 78.9 Å². The van der Waals surface area contributed by atoms with Gasteiger partial charge in [-0.15, -0.1) is 0 Å². The van der Waals surface area contributed by atoms with Gasteiger partial charge in [0.05, 0.1) is 22.0 Å². The van der Waals surface area contributed by atoms with Crippen LogP contribution in [0.3, 0.4) is 0 Å². The first-order valence-corrected chi connectivity index (χ1v) is 12.4. The molecule has 1 heterocycles. The molecule has 3 aromatic carbocycles. The van der Waals surface area contributed by atoms with E-state index in [0.717, 1.165) is 0 Å². The maximum absolute atomic E-state index is 12.9. The smallest absolute Gasteiger partial charge is 0.262 e. The van der Waals surface area contributed by atoms with E-state index in [-0.39, 0.29) is 28.4 Å². The number of anilines is 2. The molecular formula is C21H18N2O6S2. The van der Waals surface area contributed by atoms with Crippen molar-refractivity contribution in [2.45, 2.75) is 11.3 Å². The molecule has 0 spiro atoms. The van der Waals surface area contributed by atoms with Crippen molar-refractivity contribution < 1.29 is 26.4 Å². The Kier molecular flexibility index (Phi) is 5.42. The van der Waals surface area contributed by atoms with E-state index < -0.39 is 26.0 Å². The third-order valence-electron chi connectivity index (χ3n) is 4.56. The van der Waals surface area contributed by atoms with Crippen LogP contribution in [0.1, 0.15) is 6.42 Å². The topological polar surface area (TPSA) is 110 Å². The highest BCUT2D eigenvalue weighted by Crippen LogP contribution is 2.32. The summed E-state index contributed by atoms with van der Waals surface area (Å²) < 4.78 is 58.8. The highest BCUT2D eigenvalue weighted by atomic mass is 32.2. The molecule has 0 aliphatic carbocycles. The normalized spacial score (nSPS) is 15.6. The molecule has 1 saturated heterocycles.